The Hall–Kier alpha value is -2.73. The quantitative estimate of drug-likeness (QED) is 0.639. The molecule has 0 radical (unpaired) electrons. The fourth-order valence-electron chi connectivity index (χ4n) is 3.40. The van der Waals surface area contributed by atoms with E-state index in [1.165, 1.54) is 55.8 Å². The van der Waals surface area contributed by atoms with Crippen LogP contribution in [0.5, 0.6) is 0 Å². The normalized spacial score (nSPS) is 14.0. The molecule has 1 aliphatic heterocycles. The lowest BCUT2D eigenvalue weighted by molar-refractivity contribution is -0.121. The molecular weight excluding hydrogens is 369 g/mol. The van der Waals surface area contributed by atoms with Gasteiger partial charge < -0.3 is 10.6 Å². The summed E-state index contributed by atoms with van der Waals surface area (Å²) < 4.78 is 12.9. The zero-order chi connectivity index (χ0) is 20.5. The van der Waals surface area contributed by atoms with Gasteiger partial charge in [0.05, 0.1) is 0 Å². The first-order valence-corrected chi connectivity index (χ1v) is 10.2. The van der Waals surface area contributed by atoms with Gasteiger partial charge in [0, 0.05) is 31.6 Å². The second-order valence-corrected chi connectivity index (χ2v) is 7.44. The smallest absolute Gasteiger partial charge is 0.251 e. The van der Waals surface area contributed by atoms with Gasteiger partial charge in [0.1, 0.15) is 5.82 Å². The van der Waals surface area contributed by atoms with E-state index in [0.717, 1.165) is 12.1 Å². The monoisotopic (exact) mass is 397 g/mol. The summed E-state index contributed by atoms with van der Waals surface area (Å²) >= 11 is 0. The van der Waals surface area contributed by atoms with Crippen LogP contribution >= 0.6 is 0 Å². The summed E-state index contributed by atoms with van der Waals surface area (Å²) in [6.07, 6.45) is 3.48. The Balaban J connectivity index is 1.30. The van der Waals surface area contributed by atoms with Gasteiger partial charge in [0.15, 0.2) is 0 Å². The Kier molecular flexibility index (Phi) is 7.76. The molecule has 3 rings (SSSR count). The highest BCUT2D eigenvalue weighted by Gasteiger charge is 2.11. The van der Waals surface area contributed by atoms with Gasteiger partial charge in [-0.15, -0.1) is 0 Å². The largest absolute Gasteiger partial charge is 0.352 e. The highest BCUT2D eigenvalue weighted by Crippen LogP contribution is 2.13. The molecule has 2 aromatic carbocycles. The molecule has 1 fully saturated rings. The number of amides is 2. The van der Waals surface area contributed by atoms with E-state index in [0.29, 0.717) is 31.5 Å². The highest BCUT2D eigenvalue weighted by atomic mass is 19.1. The minimum Gasteiger partial charge on any atom is -0.352 e. The highest BCUT2D eigenvalue weighted by molar-refractivity contribution is 5.94. The average Bonchev–Trinajstić information content (AvgIpc) is 3.24. The van der Waals surface area contributed by atoms with E-state index in [-0.39, 0.29) is 17.6 Å². The standard InChI is InChI=1S/C23H28FN3O2/c24-21-11-9-20(10-12-21)23(29)25-13-3-4-22(28)26-16-18-5-7-19(8-6-18)17-27-14-1-2-15-27/h5-12H,1-4,13-17H2,(H,25,29)(H,26,28). The van der Waals surface area contributed by atoms with Crippen LogP contribution in [-0.2, 0) is 17.9 Å². The third-order valence-corrected chi connectivity index (χ3v) is 5.09. The molecule has 154 valence electrons. The van der Waals surface area contributed by atoms with E-state index in [1.54, 1.807) is 0 Å². The first-order valence-electron chi connectivity index (χ1n) is 10.2. The Morgan fingerprint density at radius 1 is 0.897 bits per heavy atom. The van der Waals surface area contributed by atoms with Crippen LogP contribution in [0.4, 0.5) is 4.39 Å². The minimum absolute atomic E-state index is 0.0397. The Labute approximate surface area is 171 Å². The van der Waals surface area contributed by atoms with Gasteiger partial charge in [-0.25, -0.2) is 4.39 Å². The van der Waals surface area contributed by atoms with Crippen LogP contribution in [0.15, 0.2) is 48.5 Å². The number of nitrogens with zero attached hydrogens (tertiary/aromatic N) is 1. The first-order chi connectivity index (χ1) is 14.1. The fourth-order valence-corrected chi connectivity index (χ4v) is 3.40. The molecule has 2 aromatic rings. The number of hydrogen-bond donors (Lipinski definition) is 2. The van der Waals surface area contributed by atoms with Crippen LogP contribution in [0.3, 0.4) is 0 Å². The number of rotatable bonds is 9. The number of hydrogen-bond acceptors (Lipinski definition) is 3. The molecular formula is C23H28FN3O2. The summed E-state index contributed by atoms with van der Waals surface area (Å²) in [4.78, 5) is 26.4. The van der Waals surface area contributed by atoms with Crippen molar-refractivity contribution in [3.8, 4) is 0 Å². The van der Waals surface area contributed by atoms with Crippen molar-refractivity contribution in [1.29, 1.82) is 0 Å². The maximum absolute atomic E-state index is 12.9. The molecule has 2 amide bonds. The van der Waals surface area contributed by atoms with Crippen molar-refractivity contribution in [2.45, 2.75) is 38.8 Å². The van der Waals surface area contributed by atoms with E-state index in [1.807, 2.05) is 0 Å². The third kappa shape index (κ3) is 6.98. The number of nitrogens with one attached hydrogen (secondary N) is 2. The Bertz CT molecular complexity index is 800. The molecule has 0 atom stereocenters. The molecule has 0 aromatic heterocycles. The van der Waals surface area contributed by atoms with Crippen molar-refractivity contribution >= 4 is 11.8 Å². The van der Waals surface area contributed by atoms with E-state index in [2.05, 4.69) is 39.8 Å². The zero-order valence-corrected chi connectivity index (χ0v) is 16.6. The lowest BCUT2D eigenvalue weighted by atomic mass is 10.1. The topological polar surface area (TPSA) is 61.4 Å². The molecule has 5 nitrogen and oxygen atoms in total. The van der Waals surface area contributed by atoms with E-state index in [4.69, 9.17) is 0 Å². The SMILES string of the molecule is O=C(CCCNC(=O)c1ccc(F)cc1)NCc1ccc(CN2CCCC2)cc1. The number of likely N-dealkylation sites (tertiary alicyclic amines) is 1. The lowest BCUT2D eigenvalue weighted by Gasteiger charge is -2.14. The van der Waals surface area contributed by atoms with Gasteiger partial charge in [-0.3, -0.25) is 14.5 Å². The molecule has 6 heteroatoms. The van der Waals surface area contributed by atoms with Gasteiger partial charge >= 0.3 is 0 Å². The molecule has 0 aliphatic carbocycles. The molecule has 2 N–H and O–H groups in total. The molecule has 29 heavy (non-hydrogen) atoms. The molecule has 0 saturated carbocycles. The van der Waals surface area contributed by atoms with Crippen LogP contribution in [0.2, 0.25) is 0 Å². The van der Waals surface area contributed by atoms with Crippen LogP contribution in [0.25, 0.3) is 0 Å². The summed E-state index contributed by atoms with van der Waals surface area (Å²) in [6.45, 7) is 4.26. The first kappa shape index (κ1) is 21.0. The number of halogens is 1. The van der Waals surface area contributed by atoms with E-state index in [9.17, 15) is 14.0 Å². The maximum Gasteiger partial charge on any atom is 0.251 e. The Morgan fingerprint density at radius 2 is 1.55 bits per heavy atom. The molecule has 1 aliphatic rings. The maximum atomic E-state index is 12.9. The van der Waals surface area contributed by atoms with Crippen molar-refractivity contribution in [2.75, 3.05) is 19.6 Å². The average molecular weight is 397 g/mol. The Morgan fingerprint density at radius 3 is 2.24 bits per heavy atom. The van der Waals surface area contributed by atoms with E-state index < -0.39 is 0 Å². The molecule has 1 heterocycles. The molecule has 1 saturated heterocycles. The molecule has 0 bridgehead atoms. The number of carbonyl (C=O) groups excluding carboxylic acids is 2. The van der Waals surface area contributed by atoms with Crippen LogP contribution in [0.1, 0.15) is 47.2 Å². The van der Waals surface area contributed by atoms with Crippen LogP contribution < -0.4 is 10.6 Å². The summed E-state index contributed by atoms with van der Waals surface area (Å²) in [5.41, 5.74) is 2.79. The summed E-state index contributed by atoms with van der Waals surface area (Å²) in [5, 5.41) is 5.65. The molecule has 0 unspecified atom stereocenters. The van der Waals surface area contributed by atoms with Gasteiger partial charge in [-0.05, 0) is 67.7 Å². The third-order valence-electron chi connectivity index (χ3n) is 5.09. The van der Waals surface area contributed by atoms with Crippen molar-refractivity contribution in [3.63, 3.8) is 0 Å². The number of carbonyl (C=O) groups is 2. The van der Waals surface area contributed by atoms with Crippen molar-refractivity contribution in [3.05, 3.63) is 71.0 Å². The molecule has 0 spiro atoms. The minimum atomic E-state index is -0.376. The van der Waals surface area contributed by atoms with Gasteiger partial charge in [0.25, 0.3) is 5.91 Å². The van der Waals surface area contributed by atoms with Gasteiger partial charge in [0.2, 0.25) is 5.91 Å². The predicted molar refractivity (Wildman–Crippen MR) is 111 cm³/mol. The fraction of sp³-hybridized carbons (Fsp3) is 0.391. The van der Waals surface area contributed by atoms with Crippen LogP contribution in [0, 0.1) is 5.82 Å². The predicted octanol–water partition coefficient (Wildman–Crippen LogP) is 3.25. The second-order valence-electron chi connectivity index (χ2n) is 7.44. The lowest BCUT2D eigenvalue weighted by Crippen LogP contribution is -2.27. The van der Waals surface area contributed by atoms with E-state index >= 15 is 0 Å². The number of benzene rings is 2. The summed E-state index contributed by atoms with van der Waals surface area (Å²) in [5.74, 6) is -0.680. The summed E-state index contributed by atoms with van der Waals surface area (Å²) in [7, 11) is 0. The second kappa shape index (κ2) is 10.7. The van der Waals surface area contributed by atoms with Crippen molar-refractivity contribution < 1.29 is 14.0 Å². The zero-order valence-electron chi connectivity index (χ0n) is 16.6. The van der Waals surface area contributed by atoms with Crippen LogP contribution in [-0.4, -0.2) is 36.3 Å². The van der Waals surface area contributed by atoms with Crippen molar-refractivity contribution in [2.24, 2.45) is 0 Å². The van der Waals surface area contributed by atoms with Gasteiger partial charge in [-0.1, -0.05) is 24.3 Å². The van der Waals surface area contributed by atoms with Gasteiger partial charge in [-0.2, -0.15) is 0 Å². The van der Waals surface area contributed by atoms with Crippen molar-refractivity contribution in [1.82, 2.24) is 15.5 Å². The summed E-state index contributed by atoms with van der Waals surface area (Å²) in [6, 6.07) is 13.8.